The Hall–Kier alpha value is -2.37. The Balaban J connectivity index is 1.74. The van der Waals surface area contributed by atoms with Crippen LogP contribution in [0.1, 0.15) is 63.9 Å². The van der Waals surface area contributed by atoms with Crippen LogP contribution >= 0.6 is 0 Å². The van der Waals surface area contributed by atoms with E-state index in [0.717, 1.165) is 38.5 Å². The second-order valence-electron chi connectivity index (χ2n) is 7.57. The topological polar surface area (TPSA) is 75.7 Å². The average Bonchev–Trinajstić information content (AvgIpc) is 2.73. The van der Waals surface area contributed by atoms with Gasteiger partial charge in [-0.2, -0.15) is 0 Å². The first-order chi connectivity index (χ1) is 14.1. The van der Waals surface area contributed by atoms with Gasteiger partial charge in [0.15, 0.2) is 0 Å². The first kappa shape index (κ1) is 22.9. The fourth-order valence-corrected chi connectivity index (χ4v) is 3.56. The number of piperazine rings is 1. The lowest BCUT2D eigenvalue weighted by molar-refractivity contribution is -0.152. The van der Waals surface area contributed by atoms with Crippen molar-refractivity contribution in [3.8, 4) is 0 Å². The molecule has 2 rings (SSSR count). The number of carbonyl (C=O) groups is 3. The van der Waals surface area contributed by atoms with Crippen molar-refractivity contribution in [2.24, 2.45) is 0 Å². The monoisotopic (exact) mass is 402 g/mol. The number of unbranched alkanes of at least 4 members (excludes halogenated alkanes) is 4. The highest BCUT2D eigenvalue weighted by molar-refractivity contribution is 5.91. The Morgan fingerprint density at radius 2 is 1.86 bits per heavy atom. The molecule has 1 N–H and O–H groups in total. The number of benzene rings is 1. The molecule has 160 valence electrons. The maximum Gasteiger partial charge on any atom is 0.308 e. The molecule has 0 aliphatic carbocycles. The molecule has 6 heteroatoms. The van der Waals surface area contributed by atoms with Crippen molar-refractivity contribution >= 4 is 17.8 Å². The Bertz CT molecular complexity index is 648. The summed E-state index contributed by atoms with van der Waals surface area (Å²) in [6.07, 6.45) is 7.23. The van der Waals surface area contributed by atoms with Gasteiger partial charge in [-0.05, 0) is 24.8 Å². The van der Waals surface area contributed by atoms with Crippen molar-refractivity contribution in [3.63, 3.8) is 0 Å². The van der Waals surface area contributed by atoms with E-state index >= 15 is 0 Å². The number of carbonyl (C=O) groups excluding carboxylic acids is 3. The van der Waals surface area contributed by atoms with Crippen LogP contribution in [0.5, 0.6) is 0 Å². The lowest BCUT2D eigenvalue weighted by Gasteiger charge is -2.34. The predicted octanol–water partition coefficient (Wildman–Crippen LogP) is 3.24. The molecule has 0 saturated carbocycles. The molecule has 29 heavy (non-hydrogen) atoms. The maximum absolute atomic E-state index is 12.6. The molecule has 0 aromatic heterocycles. The van der Waals surface area contributed by atoms with E-state index in [1.54, 1.807) is 4.90 Å². The third kappa shape index (κ3) is 8.26. The molecule has 0 radical (unpaired) electrons. The largest absolute Gasteiger partial charge is 0.466 e. The second kappa shape index (κ2) is 13.0. The normalized spacial score (nSPS) is 16.4. The lowest BCUT2D eigenvalue weighted by Crippen LogP contribution is -2.57. The van der Waals surface area contributed by atoms with Gasteiger partial charge in [-0.15, -0.1) is 0 Å². The number of aryl methyl sites for hydroxylation is 1. The number of nitrogens with one attached hydrogen (secondary N) is 1. The number of hydrogen-bond acceptors (Lipinski definition) is 4. The van der Waals surface area contributed by atoms with Crippen molar-refractivity contribution in [2.75, 3.05) is 19.7 Å². The first-order valence-electron chi connectivity index (χ1n) is 10.9. The third-order valence-corrected chi connectivity index (χ3v) is 5.22. The quantitative estimate of drug-likeness (QED) is 0.430. The molecule has 1 fully saturated rings. The molecule has 1 saturated heterocycles. The number of hydrogen-bond donors (Lipinski definition) is 1. The standard InChI is InChI=1S/C23H34N2O4/c1-2-3-4-5-9-14-21(26)25-16-15-24-23(28)20(25)18-22(27)29-17-10-13-19-11-7-6-8-12-19/h6-8,11-12,20H,2-5,9-10,13-18H2,1H3,(H,24,28). The Morgan fingerprint density at radius 1 is 1.10 bits per heavy atom. The summed E-state index contributed by atoms with van der Waals surface area (Å²) in [4.78, 5) is 38.6. The van der Waals surface area contributed by atoms with E-state index in [0.29, 0.717) is 26.1 Å². The Morgan fingerprint density at radius 3 is 2.62 bits per heavy atom. The number of ether oxygens (including phenoxy) is 1. The zero-order chi connectivity index (χ0) is 20.9. The maximum atomic E-state index is 12.6. The van der Waals surface area contributed by atoms with Crippen LogP contribution < -0.4 is 5.32 Å². The van der Waals surface area contributed by atoms with Gasteiger partial charge in [0.25, 0.3) is 0 Å². The number of nitrogens with zero attached hydrogens (tertiary/aromatic N) is 1. The summed E-state index contributed by atoms with van der Waals surface area (Å²) in [5.41, 5.74) is 1.20. The summed E-state index contributed by atoms with van der Waals surface area (Å²) >= 11 is 0. The van der Waals surface area contributed by atoms with Crippen LogP contribution in [0.4, 0.5) is 0 Å². The molecule has 2 amide bonds. The van der Waals surface area contributed by atoms with Gasteiger partial charge in [-0.3, -0.25) is 14.4 Å². The predicted molar refractivity (Wildman–Crippen MR) is 112 cm³/mol. The van der Waals surface area contributed by atoms with Gasteiger partial charge in [0.2, 0.25) is 11.8 Å². The molecule has 1 aromatic carbocycles. The molecule has 1 aromatic rings. The lowest BCUT2D eigenvalue weighted by atomic mass is 10.1. The van der Waals surface area contributed by atoms with Gasteiger partial charge in [0.1, 0.15) is 6.04 Å². The third-order valence-electron chi connectivity index (χ3n) is 5.22. The van der Waals surface area contributed by atoms with E-state index in [1.165, 1.54) is 12.0 Å². The number of esters is 1. The molecule has 1 unspecified atom stereocenters. The molecular formula is C23H34N2O4. The van der Waals surface area contributed by atoms with Crippen molar-refractivity contribution in [1.29, 1.82) is 0 Å². The van der Waals surface area contributed by atoms with E-state index in [1.807, 2.05) is 30.3 Å². The van der Waals surface area contributed by atoms with Crippen LogP contribution in [0.25, 0.3) is 0 Å². The zero-order valence-electron chi connectivity index (χ0n) is 17.5. The van der Waals surface area contributed by atoms with Gasteiger partial charge in [-0.25, -0.2) is 0 Å². The van der Waals surface area contributed by atoms with Crippen LogP contribution in [-0.2, 0) is 25.5 Å². The molecule has 6 nitrogen and oxygen atoms in total. The van der Waals surface area contributed by atoms with Crippen molar-refractivity contribution in [3.05, 3.63) is 35.9 Å². The van der Waals surface area contributed by atoms with Gasteiger partial charge in [0.05, 0.1) is 13.0 Å². The van der Waals surface area contributed by atoms with Gasteiger partial charge < -0.3 is 15.0 Å². The minimum atomic E-state index is -0.756. The van der Waals surface area contributed by atoms with Gasteiger partial charge in [0, 0.05) is 19.5 Å². The molecule has 1 atom stereocenters. The highest BCUT2D eigenvalue weighted by Gasteiger charge is 2.34. The molecule has 0 bridgehead atoms. The minimum absolute atomic E-state index is 0.0433. The second-order valence-corrected chi connectivity index (χ2v) is 7.57. The zero-order valence-corrected chi connectivity index (χ0v) is 17.5. The summed E-state index contributed by atoms with van der Waals surface area (Å²) in [5, 5.41) is 2.75. The Labute approximate surface area is 174 Å². The van der Waals surface area contributed by atoms with E-state index in [4.69, 9.17) is 4.74 Å². The van der Waals surface area contributed by atoms with Crippen molar-refractivity contribution in [2.45, 2.75) is 70.8 Å². The van der Waals surface area contributed by atoms with Crippen LogP contribution in [0, 0.1) is 0 Å². The minimum Gasteiger partial charge on any atom is -0.466 e. The Kier molecular flexibility index (Phi) is 10.2. The van der Waals surface area contributed by atoms with Crippen LogP contribution in [0.3, 0.4) is 0 Å². The van der Waals surface area contributed by atoms with E-state index in [2.05, 4.69) is 12.2 Å². The first-order valence-corrected chi connectivity index (χ1v) is 10.9. The van der Waals surface area contributed by atoms with Gasteiger partial charge >= 0.3 is 5.97 Å². The number of amides is 2. The smallest absolute Gasteiger partial charge is 0.308 e. The van der Waals surface area contributed by atoms with E-state index in [-0.39, 0.29) is 18.2 Å². The number of rotatable bonds is 12. The summed E-state index contributed by atoms with van der Waals surface area (Å²) in [6, 6.07) is 9.27. The van der Waals surface area contributed by atoms with Gasteiger partial charge in [-0.1, -0.05) is 62.9 Å². The van der Waals surface area contributed by atoms with E-state index < -0.39 is 12.0 Å². The molecule has 0 spiro atoms. The highest BCUT2D eigenvalue weighted by Crippen LogP contribution is 2.14. The average molecular weight is 403 g/mol. The molecule has 1 aliphatic rings. The van der Waals surface area contributed by atoms with Crippen LogP contribution in [-0.4, -0.2) is 48.4 Å². The SMILES string of the molecule is CCCCCCCC(=O)N1CCNC(=O)C1CC(=O)OCCCc1ccccc1. The van der Waals surface area contributed by atoms with E-state index in [9.17, 15) is 14.4 Å². The molecule has 1 aliphatic heterocycles. The molecule has 1 heterocycles. The summed E-state index contributed by atoms with van der Waals surface area (Å²) in [5.74, 6) is -0.740. The van der Waals surface area contributed by atoms with Crippen molar-refractivity contribution < 1.29 is 19.1 Å². The summed E-state index contributed by atoms with van der Waals surface area (Å²) < 4.78 is 5.31. The van der Waals surface area contributed by atoms with Crippen LogP contribution in [0.2, 0.25) is 0 Å². The van der Waals surface area contributed by atoms with Crippen molar-refractivity contribution in [1.82, 2.24) is 10.2 Å². The molecular weight excluding hydrogens is 368 g/mol. The fraction of sp³-hybridized carbons (Fsp3) is 0.609. The van der Waals surface area contributed by atoms with Crippen LogP contribution in [0.15, 0.2) is 30.3 Å². The summed E-state index contributed by atoms with van der Waals surface area (Å²) in [6.45, 7) is 3.35. The highest BCUT2D eigenvalue weighted by atomic mass is 16.5. The summed E-state index contributed by atoms with van der Waals surface area (Å²) in [7, 11) is 0. The fourth-order valence-electron chi connectivity index (χ4n) is 3.56.